The Bertz CT molecular complexity index is 2530. The summed E-state index contributed by atoms with van der Waals surface area (Å²) in [7, 11) is -4.95. The lowest BCUT2D eigenvalue weighted by Gasteiger charge is -2.17. The third-order valence-corrected chi connectivity index (χ3v) is 11.2. The Labute approximate surface area is 306 Å². The summed E-state index contributed by atoms with van der Waals surface area (Å²) in [5, 5.41) is 14.5. The molecule has 0 heterocycles. The number of ether oxygens (including phenoxy) is 1. The van der Waals surface area contributed by atoms with E-state index in [9.17, 15) is 31.5 Å². The number of amides is 1. The van der Waals surface area contributed by atoms with Crippen LogP contribution in [0.5, 0.6) is 5.75 Å². The molecular formula is C39H35N3O9S2. The number of carbonyl (C=O) groups is 2. The lowest BCUT2D eigenvalue weighted by Crippen LogP contribution is -2.42. The van der Waals surface area contributed by atoms with E-state index in [1.54, 1.807) is 42.5 Å². The van der Waals surface area contributed by atoms with Gasteiger partial charge in [0.15, 0.2) is 0 Å². The van der Waals surface area contributed by atoms with E-state index in [0.29, 0.717) is 22.0 Å². The zero-order valence-corrected chi connectivity index (χ0v) is 30.2. The van der Waals surface area contributed by atoms with Gasteiger partial charge in [-0.05, 0) is 53.9 Å². The average molecular weight is 754 g/mol. The van der Waals surface area contributed by atoms with Crippen LogP contribution < -0.4 is 19.1 Å². The number of nitrogens with zero attached hydrogens (tertiary/aromatic N) is 1. The van der Waals surface area contributed by atoms with Gasteiger partial charge in [-0.25, -0.2) is 13.2 Å². The van der Waals surface area contributed by atoms with Gasteiger partial charge in [-0.1, -0.05) is 91.0 Å². The quantitative estimate of drug-likeness (QED) is 0.110. The molecule has 6 rings (SSSR count). The van der Waals surface area contributed by atoms with Crippen molar-refractivity contribution in [2.24, 2.45) is 0 Å². The fraction of sp³-hybridized carbons (Fsp3) is 0.128. The number of nitrogens with one attached hydrogen (secondary N) is 2. The predicted octanol–water partition coefficient (Wildman–Crippen LogP) is 6.55. The highest BCUT2D eigenvalue weighted by Gasteiger charge is 2.28. The first-order valence-corrected chi connectivity index (χ1v) is 19.2. The summed E-state index contributed by atoms with van der Waals surface area (Å²) in [5.74, 6) is -1.43. The molecule has 1 amide bonds. The Balaban J connectivity index is 1.16. The van der Waals surface area contributed by atoms with Crippen molar-refractivity contribution in [3.63, 3.8) is 0 Å². The van der Waals surface area contributed by atoms with E-state index in [-0.39, 0.29) is 34.0 Å². The van der Waals surface area contributed by atoms with Crippen molar-refractivity contribution in [2.45, 2.75) is 28.9 Å². The minimum Gasteiger partial charge on any atom is -0.480 e. The number of hydrogen-bond donors (Lipinski definition) is 3. The molecule has 12 nitrogen and oxygen atoms in total. The fourth-order valence-electron chi connectivity index (χ4n) is 5.88. The highest BCUT2D eigenvalue weighted by Crippen LogP contribution is 2.32. The minimum atomic E-state index is -4.41. The molecule has 0 bridgehead atoms. The molecule has 0 aliphatic rings. The van der Waals surface area contributed by atoms with Crippen LogP contribution in [0.25, 0.3) is 21.5 Å². The number of aliphatic carboxylic acids is 1. The molecule has 0 saturated carbocycles. The van der Waals surface area contributed by atoms with Gasteiger partial charge in [-0.15, -0.1) is 0 Å². The topological polar surface area (TPSA) is 168 Å². The number of fused-ring (bicyclic) bond motifs is 2. The van der Waals surface area contributed by atoms with Crippen molar-refractivity contribution in [3.05, 3.63) is 139 Å². The third-order valence-electron chi connectivity index (χ3n) is 8.40. The van der Waals surface area contributed by atoms with Crippen LogP contribution in [0.4, 0.5) is 16.2 Å². The molecule has 6 aromatic rings. The van der Waals surface area contributed by atoms with Crippen LogP contribution in [0.15, 0.2) is 137 Å². The van der Waals surface area contributed by atoms with Crippen LogP contribution in [0.3, 0.4) is 0 Å². The molecule has 14 heteroatoms. The van der Waals surface area contributed by atoms with E-state index < -0.39 is 38.2 Å². The van der Waals surface area contributed by atoms with E-state index >= 15 is 0 Å². The van der Waals surface area contributed by atoms with E-state index in [4.69, 9.17) is 8.92 Å². The van der Waals surface area contributed by atoms with Crippen LogP contribution in [0.2, 0.25) is 0 Å². The molecule has 1 atom stereocenters. The normalized spacial score (nSPS) is 12.3. The molecular weight excluding hydrogens is 719 g/mol. The second-order valence-corrected chi connectivity index (χ2v) is 15.5. The molecule has 0 aliphatic carbocycles. The van der Waals surface area contributed by atoms with Crippen molar-refractivity contribution < 1.29 is 40.5 Å². The standard InChI is InChI=1S/C39H35N3O9S2/c1-42(2)35-17-7-15-32-30(35)13-9-19-37(32)53(48,49)51-28-22-20-26(21-23-28)24-34(38(43)44)41-52(46,47)36-18-8-12-29-31(36)14-6-16-33(29)40-39(45)50-25-27-10-4-3-5-11-27/h3-23,34,41H,24-25H2,1-2H3,(H,40,45)(H,43,44)/t34-/m0/s1. The van der Waals surface area contributed by atoms with Gasteiger partial charge in [0.1, 0.15) is 23.3 Å². The first-order chi connectivity index (χ1) is 25.3. The summed E-state index contributed by atoms with van der Waals surface area (Å²) < 4.78 is 67.1. The fourth-order valence-corrected chi connectivity index (χ4v) is 8.44. The van der Waals surface area contributed by atoms with Gasteiger partial charge in [0.05, 0.1) is 10.6 Å². The zero-order valence-electron chi connectivity index (χ0n) is 28.6. The zero-order chi connectivity index (χ0) is 37.8. The number of anilines is 2. The Morgan fingerprint density at radius 2 is 1.28 bits per heavy atom. The second-order valence-electron chi connectivity index (χ2n) is 12.3. The molecule has 6 aromatic carbocycles. The van der Waals surface area contributed by atoms with E-state index in [1.807, 2.05) is 61.5 Å². The Hall–Kier alpha value is -5.96. The summed E-state index contributed by atoms with van der Waals surface area (Å²) in [6, 6.07) is 32.6. The SMILES string of the molecule is CN(C)c1cccc2c(S(=O)(=O)Oc3ccc(C[C@H](NS(=O)(=O)c4cccc5c(NC(=O)OCc6ccccc6)cccc45)C(=O)O)cc3)cccc12. The predicted molar refractivity (Wildman–Crippen MR) is 202 cm³/mol. The van der Waals surface area contributed by atoms with Gasteiger partial charge >= 0.3 is 22.2 Å². The van der Waals surface area contributed by atoms with Crippen molar-refractivity contribution in [2.75, 3.05) is 24.3 Å². The van der Waals surface area contributed by atoms with Gasteiger partial charge < -0.3 is 18.9 Å². The van der Waals surface area contributed by atoms with Gasteiger partial charge in [0, 0.05) is 41.3 Å². The second kappa shape index (κ2) is 15.3. The van der Waals surface area contributed by atoms with Crippen LogP contribution >= 0.6 is 0 Å². The van der Waals surface area contributed by atoms with Gasteiger partial charge in [0.2, 0.25) is 10.0 Å². The average Bonchev–Trinajstić information content (AvgIpc) is 3.14. The highest BCUT2D eigenvalue weighted by atomic mass is 32.2. The molecule has 0 aliphatic heterocycles. The molecule has 0 radical (unpaired) electrons. The van der Waals surface area contributed by atoms with Crippen LogP contribution in [-0.2, 0) is 42.7 Å². The molecule has 0 unspecified atom stereocenters. The highest BCUT2D eigenvalue weighted by molar-refractivity contribution is 7.89. The lowest BCUT2D eigenvalue weighted by molar-refractivity contribution is -0.138. The third kappa shape index (κ3) is 8.41. The number of carbonyl (C=O) groups excluding carboxylic acids is 1. The van der Waals surface area contributed by atoms with Crippen LogP contribution in [0, 0.1) is 0 Å². The summed E-state index contributed by atoms with van der Waals surface area (Å²) >= 11 is 0. The largest absolute Gasteiger partial charge is 0.480 e. The number of sulfonamides is 1. The molecule has 53 heavy (non-hydrogen) atoms. The van der Waals surface area contributed by atoms with Gasteiger partial charge in [-0.2, -0.15) is 13.1 Å². The molecule has 0 saturated heterocycles. The summed E-state index contributed by atoms with van der Waals surface area (Å²) in [6.45, 7) is 0.0372. The molecule has 0 aromatic heterocycles. The van der Waals surface area contributed by atoms with E-state index in [0.717, 1.165) is 16.6 Å². The smallest absolute Gasteiger partial charge is 0.411 e. The Morgan fingerprint density at radius 1 is 0.679 bits per heavy atom. The van der Waals surface area contributed by atoms with Crippen molar-refractivity contribution in [3.8, 4) is 5.75 Å². The number of hydrogen-bond acceptors (Lipinski definition) is 9. The lowest BCUT2D eigenvalue weighted by atomic mass is 10.1. The molecule has 272 valence electrons. The minimum absolute atomic E-state index is 0.00825. The first kappa shape index (κ1) is 36.8. The number of benzene rings is 6. The Morgan fingerprint density at radius 3 is 1.96 bits per heavy atom. The number of carboxylic acids is 1. The maximum absolute atomic E-state index is 13.7. The van der Waals surface area contributed by atoms with E-state index in [1.165, 1.54) is 42.5 Å². The molecule has 0 fully saturated rings. The summed E-state index contributed by atoms with van der Waals surface area (Å²) in [6.07, 6.45) is -0.997. The van der Waals surface area contributed by atoms with E-state index in [2.05, 4.69) is 10.0 Å². The van der Waals surface area contributed by atoms with Crippen molar-refractivity contribution in [1.82, 2.24) is 4.72 Å². The summed E-state index contributed by atoms with van der Waals surface area (Å²) in [5.41, 5.74) is 2.34. The summed E-state index contributed by atoms with van der Waals surface area (Å²) in [4.78, 5) is 26.6. The monoisotopic (exact) mass is 753 g/mol. The molecule has 0 spiro atoms. The van der Waals surface area contributed by atoms with Crippen molar-refractivity contribution >= 4 is 65.1 Å². The van der Waals surface area contributed by atoms with Crippen LogP contribution in [0.1, 0.15) is 11.1 Å². The van der Waals surface area contributed by atoms with Crippen LogP contribution in [-0.4, -0.2) is 54.1 Å². The van der Waals surface area contributed by atoms with Crippen molar-refractivity contribution in [1.29, 1.82) is 0 Å². The Kier molecular flexibility index (Phi) is 10.7. The maximum Gasteiger partial charge on any atom is 0.411 e. The number of rotatable bonds is 13. The maximum atomic E-state index is 13.7. The van der Waals surface area contributed by atoms with Gasteiger partial charge in [-0.3, -0.25) is 10.1 Å². The first-order valence-electron chi connectivity index (χ1n) is 16.3. The van der Waals surface area contributed by atoms with Gasteiger partial charge in [0.25, 0.3) is 0 Å². The number of carboxylic acid groups (broad SMARTS) is 1. The molecule has 3 N–H and O–H groups in total.